The molecule has 0 bridgehead atoms. The molecule has 2 aromatic carbocycles. The van der Waals surface area contributed by atoms with Crippen molar-refractivity contribution in [2.45, 2.75) is 26.4 Å². The monoisotopic (exact) mass is 437 g/mol. The minimum Gasteiger partial charge on any atom is -0.497 e. The summed E-state index contributed by atoms with van der Waals surface area (Å²) < 4.78 is 10.8. The van der Waals surface area contributed by atoms with E-state index in [1.165, 1.54) is 0 Å². The van der Waals surface area contributed by atoms with Crippen molar-refractivity contribution in [3.63, 3.8) is 0 Å². The van der Waals surface area contributed by atoms with Gasteiger partial charge in [0.05, 0.1) is 25.3 Å². The minimum atomic E-state index is -0.625. The van der Waals surface area contributed by atoms with Gasteiger partial charge in [-0.2, -0.15) is 0 Å². The molecule has 0 saturated carbocycles. The number of rotatable bonds is 9. The zero-order valence-electron chi connectivity index (χ0n) is 19.1. The normalized spacial score (nSPS) is 16.2. The molecular formula is C25H31N3O4. The number of nitrogens with zero attached hydrogens (tertiary/aromatic N) is 2. The van der Waals surface area contributed by atoms with Gasteiger partial charge in [-0.1, -0.05) is 42.5 Å². The average molecular weight is 438 g/mol. The van der Waals surface area contributed by atoms with Crippen LogP contribution in [0.4, 0.5) is 4.79 Å². The summed E-state index contributed by atoms with van der Waals surface area (Å²) in [7, 11) is 3.56. The SMILES string of the molecule is CCOC(=O)C1=C(CN(C)Cc2ccccc2)N(CC)C(=O)N[C@H]1c1cccc(OC)c1. The first-order valence-electron chi connectivity index (χ1n) is 10.8. The second-order valence-corrected chi connectivity index (χ2v) is 7.64. The van der Waals surface area contributed by atoms with Crippen LogP contribution in [0.2, 0.25) is 0 Å². The van der Waals surface area contributed by atoms with Gasteiger partial charge in [0, 0.05) is 25.3 Å². The molecule has 0 fully saturated rings. The summed E-state index contributed by atoms with van der Waals surface area (Å²) in [4.78, 5) is 29.9. The summed E-state index contributed by atoms with van der Waals surface area (Å²) in [5.74, 6) is 0.225. The number of nitrogens with one attached hydrogen (secondary N) is 1. The molecule has 1 atom stereocenters. The molecule has 0 aromatic heterocycles. The molecule has 0 unspecified atom stereocenters. The molecule has 1 aliphatic heterocycles. The fourth-order valence-electron chi connectivity index (χ4n) is 3.94. The van der Waals surface area contributed by atoms with Crippen LogP contribution in [0.5, 0.6) is 5.75 Å². The average Bonchev–Trinajstić information content (AvgIpc) is 2.79. The lowest BCUT2D eigenvalue weighted by Crippen LogP contribution is -2.50. The van der Waals surface area contributed by atoms with Crippen LogP contribution in [0.1, 0.15) is 31.0 Å². The third-order valence-corrected chi connectivity index (χ3v) is 5.39. The lowest BCUT2D eigenvalue weighted by Gasteiger charge is -2.37. The Morgan fingerprint density at radius 3 is 2.50 bits per heavy atom. The van der Waals surface area contributed by atoms with Crippen LogP contribution >= 0.6 is 0 Å². The highest BCUT2D eigenvalue weighted by molar-refractivity contribution is 5.95. The summed E-state index contributed by atoms with van der Waals surface area (Å²) in [6, 6.07) is 16.6. The van der Waals surface area contributed by atoms with Crippen LogP contribution in [-0.2, 0) is 16.1 Å². The number of hydrogen-bond acceptors (Lipinski definition) is 5. The van der Waals surface area contributed by atoms with Gasteiger partial charge in [0.1, 0.15) is 5.75 Å². The fourth-order valence-corrected chi connectivity index (χ4v) is 3.94. The third kappa shape index (κ3) is 5.29. The van der Waals surface area contributed by atoms with E-state index in [1.807, 2.05) is 56.4 Å². The van der Waals surface area contributed by atoms with Crippen molar-refractivity contribution in [2.24, 2.45) is 0 Å². The van der Waals surface area contributed by atoms with E-state index in [0.29, 0.717) is 36.7 Å². The fraction of sp³-hybridized carbons (Fsp3) is 0.360. The molecule has 0 spiro atoms. The predicted octanol–water partition coefficient (Wildman–Crippen LogP) is 3.73. The number of likely N-dealkylation sites (N-methyl/N-ethyl adjacent to an activating group) is 2. The zero-order chi connectivity index (χ0) is 23.1. The molecular weight excluding hydrogens is 406 g/mol. The maximum absolute atomic E-state index is 13.1. The highest BCUT2D eigenvalue weighted by atomic mass is 16.5. The smallest absolute Gasteiger partial charge is 0.338 e. The van der Waals surface area contributed by atoms with Gasteiger partial charge in [-0.25, -0.2) is 9.59 Å². The first-order valence-corrected chi connectivity index (χ1v) is 10.8. The number of methoxy groups -OCH3 is 1. The molecule has 1 aliphatic rings. The second kappa shape index (κ2) is 10.8. The maximum atomic E-state index is 13.1. The number of hydrogen-bond donors (Lipinski definition) is 1. The van der Waals surface area contributed by atoms with E-state index in [4.69, 9.17) is 9.47 Å². The first kappa shape index (κ1) is 23.3. The minimum absolute atomic E-state index is 0.239. The topological polar surface area (TPSA) is 71.1 Å². The van der Waals surface area contributed by atoms with Crippen molar-refractivity contribution < 1.29 is 19.1 Å². The molecule has 0 radical (unpaired) electrons. The molecule has 2 amide bonds. The van der Waals surface area contributed by atoms with Crippen LogP contribution in [0, 0.1) is 0 Å². The number of carbonyl (C=O) groups excluding carboxylic acids is 2. The van der Waals surface area contributed by atoms with Crippen LogP contribution in [0.3, 0.4) is 0 Å². The molecule has 7 nitrogen and oxygen atoms in total. The molecule has 170 valence electrons. The van der Waals surface area contributed by atoms with E-state index in [2.05, 4.69) is 22.3 Å². The van der Waals surface area contributed by atoms with Crippen LogP contribution in [-0.4, -0.2) is 55.7 Å². The van der Waals surface area contributed by atoms with Crippen LogP contribution < -0.4 is 10.1 Å². The summed E-state index contributed by atoms with van der Waals surface area (Å²) in [5.41, 5.74) is 3.02. The largest absolute Gasteiger partial charge is 0.497 e. The Morgan fingerprint density at radius 2 is 1.84 bits per heavy atom. The maximum Gasteiger partial charge on any atom is 0.338 e. The van der Waals surface area contributed by atoms with E-state index in [0.717, 1.165) is 11.1 Å². The Balaban J connectivity index is 2.05. The van der Waals surface area contributed by atoms with E-state index in [1.54, 1.807) is 18.9 Å². The summed E-state index contributed by atoms with van der Waals surface area (Å²) in [6.07, 6.45) is 0. The quantitative estimate of drug-likeness (QED) is 0.606. The van der Waals surface area contributed by atoms with Gasteiger partial charge in [-0.05, 0) is 44.2 Å². The number of urea groups is 1. The molecule has 0 saturated heterocycles. The highest BCUT2D eigenvalue weighted by Gasteiger charge is 2.38. The van der Waals surface area contributed by atoms with E-state index < -0.39 is 12.0 Å². The lowest BCUT2D eigenvalue weighted by molar-refractivity contribution is -0.139. The highest BCUT2D eigenvalue weighted by Crippen LogP contribution is 2.33. The van der Waals surface area contributed by atoms with E-state index >= 15 is 0 Å². The Labute approximate surface area is 189 Å². The number of benzene rings is 2. The number of esters is 1. The summed E-state index contributed by atoms with van der Waals surface area (Å²) in [6.45, 7) is 5.47. The third-order valence-electron chi connectivity index (χ3n) is 5.39. The summed E-state index contributed by atoms with van der Waals surface area (Å²) in [5, 5.41) is 2.98. The van der Waals surface area contributed by atoms with Crippen molar-refractivity contribution in [2.75, 3.05) is 33.9 Å². The molecule has 2 aromatic rings. The van der Waals surface area contributed by atoms with Gasteiger partial charge in [-0.15, -0.1) is 0 Å². The van der Waals surface area contributed by atoms with Crippen LogP contribution in [0.15, 0.2) is 65.9 Å². The van der Waals surface area contributed by atoms with Gasteiger partial charge < -0.3 is 14.8 Å². The Kier molecular flexibility index (Phi) is 7.89. The second-order valence-electron chi connectivity index (χ2n) is 7.64. The van der Waals surface area contributed by atoms with Crippen LogP contribution in [0.25, 0.3) is 0 Å². The van der Waals surface area contributed by atoms with Gasteiger partial charge in [-0.3, -0.25) is 9.80 Å². The number of amides is 2. The summed E-state index contributed by atoms with van der Waals surface area (Å²) >= 11 is 0. The van der Waals surface area contributed by atoms with Crippen molar-refractivity contribution in [1.29, 1.82) is 0 Å². The van der Waals surface area contributed by atoms with Crippen molar-refractivity contribution in [3.05, 3.63) is 77.0 Å². The Morgan fingerprint density at radius 1 is 1.09 bits per heavy atom. The lowest BCUT2D eigenvalue weighted by atomic mass is 9.94. The van der Waals surface area contributed by atoms with Gasteiger partial charge >= 0.3 is 12.0 Å². The van der Waals surface area contributed by atoms with Crippen molar-refractivity contribution in [3.8, 4) is 5.75 Å². The van der Waals surface area contributed by atoms with Crippen molar-refractivity contribution >= 4 is 12.0 Å². The van der Waals surface area contributed by atoms with Gasteiger partial charge in [0.15, 0.2) is 0 Å². The predicted molar refractivity (Wildman–Crippen MR) is 123 cm³/mol. The molecule has 7 heteroatoms. The molecule has 1 N–H and O–H groups in total. The zero-order valence-corrected chi connectivity index (χ0v) is 19.1. The number of carbonyl (C=O) groups is 2. The van der Waals surface area contributed by atoms with Gasteiger partial charge in [0.2, 0.25) is 0 Å². The molecule has 0 aliphatic carbocycles. The Hall–Kier alpha value is -3.32. The van der Waals surface area contributed by atoms with E-state index in [9.17, 15) is 9.59 Å². The first-order chi connectivity index (χ1) is 15.5. The number of ether oxygens (including phenoxy) is 2. The standard InChI is InChI=1S/C25H31N3O4/c1-5-28-21(17-27(3)16-18-11-8-7-9-12-18)22(24(29)32-6-2)23(26-25(28)30)19-13-10-14-20(15-19)31-4/h7-15,23H,5-6,16-17H2,1-4H3,(H,26,30)/t23-/m0/s1. The molecule has 3 rings (SSSR count). The molecule has 1 heterocycles. The van der Waals surface area contributed by atoms with Gasteiger partial charge in [0.25, 0.3) is 0 Å². The Bertz CT molecular complexity index is 974. The molecule has 32 heavy (non-hydrogen) atoms. The van der Waals surface area contributed by atoms with E-state index in [-0.39, 0.29) is 12.6 Å². The van der Waals surface area contributed by atoms with Crippen molar-refractivity contribution in [1.82, 2.24) is 15.1 Å².